The van der Waals surface area contributed by atoms with Gasteiger partial charge in [-0.25, -0.2) is 13.4 Å². The number of aromatic nitrogens is 2. The summed E-state index contributed by atoms with van der Waals surface area (Å²) < 4.78 is 33.2. The van der Waals surface area contributed by atoms with Gasteiger partial charge in [0.1, 0.15) is 12.4 Å². The van der Waals surface area contributed by atoms with Gasteiger partial charge in [0.2, 0.25) is 10.0 Å². The van der Waals surface area contributed by atoms with Crippen molar-refractivity contribution in [3.63, 3.8) is 0 Å². The number of ether oxygens (including phenoxy) is 1. The molecule has 1 heterocycles. The second kappa shape index (κ2) is 6.42. The quantitative estimate of drug-likeness (QED) is 0.844. The van der Waals surface area contributed by atoms with Crippen molar-refractivity contribution < 1.29 is 13.2 Å². The van der Waals surface area contributed by atoms with E-state index in [2.05, 4.69) is 9.71 Å². The predicted molar refractivity (Wildman–Crippen MR) is 77.2 cm³/mol. The molecule has 1 aromatic carbocycles. The fourth-order valence-corrected chi connectivity index (χ4v) is 2.24. The molecule has 0 aliphatic carbocycles. The SMILES string of the molecule is CCS(=O)(=O)Nc1ccccc1OCCn1ccnc1. The van der Waals surface area contributed by atoms with Gasteiger partial charge in [-0.15, -0.1) is 0 Å². The fourth-order valence-electron chi connectivity index (χ4n) is 1.60. The first-order valence-electron chi connectivity index (χ1n) is 6.29. The summed E-state index contributed by atoms with van der Waals surface area (Å²) >= 11 is 0. The van der Waals surface area contributed by atoms with Crippen molar-refractivity contribution in [3.8, 4) is 5.75 Å². The molecule has 2 rings (SSSR count). The average Bonchev–Trinajstić information content (AvgIpc) is 2.94. The lowest BCUT2D eigenvalue weighted by molar-refractivity contribution is 0.300. The number of para-hydroxylation sites is 2. The molecule has 20 heavy (non-hydrogen) atoms. The number of rotatable bonds is 7. The number of imidazole rings is 1. The first-order chi connectivity index (χ1) is 9.61. The molecule has 0 aliphatic rings. The Morgan fingerprint density at radius 1 is 1.35 bits per heavy atom. The van der Waals surface area contributed by atoms with Crippen LogP contribution in [0.3, 0.4) is 0 Å². The Morgan fingerprint density at radius 3 is 2.85 bits per heavy atom. The van der Waals surface area contributed by atoms with Crippen molar-refractivity contribution in [2.24, 2.45) is 0 Å². The van der Waals surface area contributed by atoms with Crippen LogP contribution in [0.1, 0.15) is 6.92 Å². The molecule has 6 nitrogen and oxygen atoms in total. The maximum absolute atomic E-state index is 11.6. The lowest BCUT2D eigenvalue weighted by Gasteiger charge is -2.13. The summed E-state index contributed by atoms with van der Waals surface area (Å²) in [7, 11) is -3.31. The highest BCUT2D eigenvalue weighted by molar-refractivity contribution is 7.92. The molecule has 0 amide bonds. The van der Waals surface area contributed by atoms with E-state index in [1.807, 2.05) is 10.8 Å². The third kappa shape index (κ3) is 3.99. The monoisotopic (exact) mass is 295 g/mol. The molecular weight excluding hydrogens is 278 g/mol. The van der Waals surface area contributed by atoms with E-state index in [1.54, 1.807) is 43.7 Å². The Morgan fingerprint density at radius 2 is 2.15 bits per heavy atom. The van der Waals surface area contributed by atoms with Crippen LogP contribution in [0.5, 0.6) is 5.75 Å². The highest BCUT2D eigenvalue weighted by Gasteiger charge is 2.10. The van der Waals surface area contributed by atoms with Crippen LogP contribution in [0.4, 0.5) is 5.69 Å². The largest absolute Gasteiger partial charge is 0.490 e. The Bertz CT molecular complexity index is 639. The summed E-state index contributed by atoms with van der Waals surface area (Å²) in [5.74, 6) is 0.542. The Kier molecular flexibility index (Phi) is 4.62. The van der Waals surface area contributed by atoms with E-state index >= 15 is 0 Å². The zero-order valence-corrected chi connectivity index (χ0v) is 12.0. The Hall–Kier alpha value is -2.02. The molecule has 0 unspecified atom stereocenters. The molecule has 0 atom stereocenters. The van der Waals surface area contributed by atoms with Gasteiger partial charge in [0.15, 0.2) is 0 Å². The van der Waals surface area contributed by atoms with Gasteiger partial charge in [-0.1, -0.05) is 12.1 Å². The van der Waals surface area contributed by atoms with Gasteiger partial charge in [0.05, 0.1) is 24.3 Å². The molecule has 0 radical (unpaired) electrons. The van der Waals surface area contributed by atoms with E-state index in [4.69, 9.17) is 4.74 Å². The van der Waals surface area contributed by atoms with Crippen molar-refractivity contribution in [2.75, 3.05) is 17.1 Å². The van der Waals surface area contributed by atoms with Crippen LogP contribution < -0.4 is 9.46 Å². The number of benzene rings is 1. The van der Waals surface area contributed by atoms with Crippen LogP contribution >= 0.6 is 0 Å². The molecule has 0 bridgehead atoms. The highest BCUT2D eigenvalue weighted by atomic mass is 32.2. The topological polar surface area (TPSA) is 73.2 Å². The lowest BCUT2D eigenvalue weighted by Crippen LogP contribution is -2.16. The Balaban J connectivity index is 2.00. The van der Waals surface area contributed by atoms with Crippen LogP contribution in [0, 0.1) is 0 Å². The van der Waals surface area contributed by atoms with E-state index in [-0.39, 0.29) is 5.75 Å². The minimum absolute atomic E-state index is 0.0242. The number of hydrogen-bond acceptors (Lipinski definition) is 4. The lowest BCUT2D eigenvalue weighted by atomic mass is 10.3. The van der Waals surface area contributed by atoms with E-state index < -0.39 is 10.0 Å². The third-order valence-corrected chi connectivity index (χ3v) is 3.99. The van der Waals surface area contributed by atoms with Crippen molar-refractivity contribution in [1.82, 2.24) is 9.55 Å². The molecule has 0 saturated heterocycles. The maximum atomic E-state index is 11.6. The Labute approximate surface area is 118 Å². The minimum atomic E-state index is -3.31. The molecular formula is C13H17N3O3S. The van der Waals surface area contributed by atoms with Gasteiger partial charge in [-0.2, -0.15) is 0 Å². The van der Waals surface area contributed by atoms with Gasteiger partial charge in [0, 0.05) is 12.4 Å². The second-order valence-electron chi connectivity index (χ2n) is 4.15. The summed E-state index contributed by atoms with van der Waals surface area (Å²) in [5.41, 5.74) is 0.458. The predicted octanol–water partition coefficient (Wildman–Crippen LogP) is 1.72. The van der Waals surface area contributed by atoms with Gasteiger partial charge in [-0.3, -0.25) is 4.72 Å². The number of nitrogens with zero attached hydrogens (tertiary/aromatic N) is 2. The first kappa shape index (κ1) is 14.4. The van der Waals surface area contributed by atoms with E-state index in [9.17, 15) is 8.42 Å². The van der Waals surface area contributed by atoms with Gasteiger partial charge < -0.3 is 9.30 Å². The van der Waals surface area contributed by atoms with E-state index in [0.29, 0.717) is 24.6 Å². The summed E-state index contributed by atoms with van der Waals surface area (Å²) in [6, 6.07) is 6.98. The molecule has 108 valence electrons. The van der Waals surface area contributed by atoms with Crippen molar-refractivity contribution in [2.45, 2.75) is 13.5 Å². The van der Waals surface area contributed by atoms with Gasteiger partial charge >= 0.3 is 0 Å². The molecule has 0 fully saturated rings. The maximum Gasteiger partial charge on any atom is 0.232 e. The van der Waals surface area contributed by atoms with Crippen LogP contribution in [-0.4, -0.2) is 30.3 Å². The van der Waals surface area contributed by atoms with Crippen LogP contribution in [0.2, 0.25) is 0 Å². The van der Waals surface area contributed by atoms with Crippen molar-refractivity contribution in [1.29, 1.82) is 0 Å². The van der Waals surface area contributed by atoms with Crippen LogP contribution in [0.15, 0.2) is 43.0 Å². The van der Waals surface area contributed by atoms with Crippen molar-refractivity contribution in [3.05, 3.63) is 43.0 Å². The standard InChI is InChI=1S/C13H17N3O3S/c1-2-20(17,18)15-12-5-3-4-6-13(12)19-10-9-16-8-7-14-11-16/h3-8,11,15H,2,9-10H2,1H3. The normalized spacial score (nSPS) is 11.2. The third-order valence-electron chi connectivity index (χ3n) is 2.70. The zero-order chi connectivity index (χ0) is 14.4. The first-order valence-corrected chi connectivity index (χ1v) is 7.94. The molecule has 0 spiro atoms. The second-order valence-corrected chi connectivity index (χ2v) is 6.16. The van der Waals surface area contributed by atoms with Gasteiger partial charge in [0.25, 0.3) is 0 Å². The van der Waals surface area contributed by atoms with Crippen LogP contribution in [-0.2, 0) is 16.6 Å². The minimum Gasteiger partial charge on any atom is -0.490 e. The van der Waals surface area contributed by atoms with Crippen LogP contribution in [0.25, 0.3) is 0 Å². The highest BCUT2D eigenvalue weighted by Crippen LogP contribution is 2.24. The number of hydrogen-bond donors (Lipinski definition) is 1. The summed E-state index contributed by atoms with van der Waals surface area (Å²) in [6.07, 6.45) is 5.24. The summed E-state index contributed by atoms with van der Waals surface area (Å²) in [6.45, 7) is 2.67. The zero-order valence-electron chi connectivity index (χ0n) is 11.2. The average molecular weight is 295 g/mol. The molecule has 2 aromatic rings. The summed E-state index contributed by atoms with van der Waals surface area (Å²) in [5, 5.41) is 0. The molecule has 0 aliphatic heterocycles. The van der Waals surface area contributed by atoms with Crippen molar-refractivity contribution >= 4 is 15.7 Å². The van der Waals surface area contributed by atoms with E-state index in [1.165, 1.54) is 0 Å². The molecule has 1 aromatic heterocycles. The molecule has 0 saturated carbocycles. The number of sulfonamides is 1. The number of anilines is 1. The molecule has 1 N–H and O–H groups in total. The molecule has 7 heteroatoms. The van der Waals surface area contributed by atoms with E-state index in [0.717, 1.165) is 0 Å². The smallest absolute Gasteiger partial charge is 0.232 e. The fraction of sp³-hybridized carbons (Fsp3) is 0.308. The number of nitrogens with one attached hydrogen (secondary N) is 1. The van der Waals surface area contributed by atoms with Gasteiger partial charge in [-0.05, 0) is 19.1 Å². The summed E-state index contributed by atoms with van der Waals surface area (Å²) in [4.78, 5) is 3.94.